The number of hydrogen-bond acceptors (Lipinski definition) is 1. The molecule has 18 heavy (non-hydrogen) atoms. The average Bonchev–Trinajstić information content (AvgIpc) is 2.73. The number of halogens is 2. The van der Waals surface area contributed by atoms with E-state index in [0.29, 0.717) is 5.02 Å². The lowest BCUT2D eigenvalue weighted by atomic mass is 9.99. The topological polar surface area (TPSA) is 12.0 Å². The maximum absolute atomic E-state index is 6.24. The molecule has 0 aliphatic carbocycles. The fourth-order valence-corrected chi connectivity index (χ4v) is 3.12. The van der Waals surface area contributed by atoms with E-state index in [1.165, 1.54) is 11.1 Å². The van der Waals surface area contributed by atoms with Crippen molar-refractivity contribution in [3.05, 3.63) is 63.1 Å². The van der Waals surface area contributed by atoms with Crippen molar-refractivity contribution in [1.29, 1.82) is 0 Å². The molecular formula is C15H13Cl2N. The van der Waals surface area contributed by atoms with Crippen LogP contribution in [0, 0.1) is 6.92 Å². The van der Waals surface area contributed by atoms with Gasteiger partial charge in [0.05, 0.1) is 6.04 Å². The van der Waals surface area contributed by atoms with Crippen molar-refractivity contribution < 1.29 is 0 Å². The smallest absolute Gasteiger partial charge is 0.0558 e. The minimum atomic E-state index is 0.289. The number of anilines is 1. The highest BCUT2D eigenvalue weighted by Crippen LogP contribution is 2.40. The molecule has 1 unspecified atom stereocenters. The Balaban J connectivity index is 1.99. The highest BCUT2D eigenvalue weighted by Gasteiger charge is 2.25. The lowest BCUT2D eigenvalue weighted by molar-refractivity contribution is 0.816. The van der Waals surface area contributed by atoms with Crippen LogP contribution in [-0.4, -0.2) is 0 Å². The minimum Gasteiger partial charge on any atom is -0.378 e. The van der Waals surface area contributed by atoms with Crippen molar-refractivity contribution in [1.82, 2.24) is 0 Å². The molecule has 0 spiro atoms. The van der Waals surface area contributed by atoms with E-state index in [1.807, 2.05) is 12.1 Å². The summed E-state index contributed by atoms with van der Waals surface area (Å²) in [5.74, 6) is 0. The Kier molecular flexibility index (Phi) is 2.96. The van der Waals surface area contributed by atoms with Crippen molar-refractivity contribution in [3.8, 4) is 0 Å². The molecule has 0 radical (unpaired) electrons. The summed E-state index contributed by atoms with van der Waals surface area (Å²) in [6, 6.07) is 12.5. The van der Waals surface area contributed by atoms with Gasteiger partial charge in [-0.15, -0.1) is 0 Å². The molecule has 0 saturated heterocycles. The maximum atomic E-state index is 6.24. The molecule has 1 nitrogen and oxygen atoms in total. The maximum Gasteiger partial charge on any atom is 0.0558 e. The van der Waals surface area contributed by atoms with Crippen molar-refractivity contribution in [2.45, 2.75) is 19.4 Å². The summed E-state index contributed by atoms with van der Waals surface area (Å²) in [5.41, 5.74) is 4.83. The summed E-state index contributed by atoms with van der Waals surface area (Å²) >= 11 is 12.3. The molecule has 3 rings (SSSR count). The average molecular weight is 278 g/mol. The third-order valence-corrected chi connectivity index (χ3v) is 4.02. The summed E-state index contributed by atoms with van der Waals surface area (Å²) in [6.07, 6.45) is 0.913. The highest BCUT2D eigenvalue weighted by atomic mass is 35.5. The van der Waals surface area contributed by atoms with Gasteiger partial charge in [0, 0.05) is 22.2 Å². The predicted octanol–water partition coefficient (Wildman–Crippen LogP) is 5.01. The van der Waals surface area contributed by atoms with E-state index in [4.69, 9.17) is 23.2 Å². The normalized spacial score (nSPS) is 17.4. The molecule has 0 saturated carbocycles. The van der Waals surface area contributed by atoms with Crippen LogP contribution in [-0.2, 0) is 6.42 Å². The molecule has 0 bridgehead atoms. The summed E-state index contributed by atoms with van der Waals surface area (Å²) in [4.78, 5) is 0. The predicted molar refractivity (Wildman–Crippen MR) is 77.7 cm³/mol. The Hall–Kier alpha value is -1.18. The van der Waals surface area contributed by atoms with Gasteiger partial charge in [-0.3, -0.25) is 0 Å². The van der Waals surface area contributed by atoms with E-state index in [0.717, 1.165) is 22.7 Å². The molecule has 0 fully saturated rings. The zero-order valence-corrected chi connectivity index (χ0v) is 11.5. The van der Waals surface area contributed by atoms with Crippen LogP contribution in [0.4, 0.5) is 5.69 Å². The van der Waals surface area contributed by atoms with E-state index >= 15 is 0 Å². The number of hydrogen-bond donors (Lipinski definition) is 1. The number of aryl methyl sites for hydroxylation is 1. The fraction of sp³-hybridized carbons (Fsp3) is 0.200. The van der Waals surface area contributed by atoms with E-state index < -0.39 is 0 Å². The zero-order valence-electron chi connectivity index (χ0n) is 10.0. The van der Waals surface area contributed by atoms with Crippen LogP contribution < -0.4 is 5.32 Å². The van der Waals surface area contributed by atoms with Gasteiger partial charge < -0.3 is 5.32 Å². The van der Waals surface area contributed by atoms with E-state index in [-0.39, 0.29) is 6.04 Å². The molecule has 1 heterocycles. The monoisotopic (exact) mass is 277 g/mol. The van der Waals surface area contributed by atoms with Gasteiger partial charge in [0.25, 0.3) is 0 Å². The first-order valence-electron chi connectivity index (χ1n) is 5.95. The highest BCUT2D eigenvalue weighted by molar-refractivity contribution is 6.35. The number of nitrogens with one attached hydrogen (secondary N) is 1. The third-order valence-electron chi connectivity index (χ3n) is 3.46. The Morgan fingerprint density at radius 1 is 1.17 bits per heavy atom. The molecule has 1 aliphatic heterocycles. The second-order valence-electron chi connectivity index (χ2n) is 4.67. The van der Waals surface area contributed by atoms with Crippen molar-refractivity contribution in [2.24, 2.45) is 0 Å². The molecule has 2 aromatic carbocycles. The summed E-state index contributed by atoms with van der Waals surface area (Å²) in [6.45, 7) is 2.13. The quantitative estimate of drug-likeness (QED) is 0.773. The Bertz CT molecular complexity index is 607. The molecular weight excluding hydrogens is 265 g/mol. The summed E-state index contributed by atoms with van der Waals surface area (Å²) in [7, 11) is 0. The SMILES string of the molecule is Cc1ccccc1C1Cc2c(Cl)cc(Cl)cc2N1. The van der Waals surface area contributed by atoms with Gasteiger partial charge in [-0.2, -0.15) is 0 Å². The first-order valence-corrected chi connectivity index (χ1v) is 6.71. The molecule has 2 aromatic rings. The van der Waals surface area contributed by atoms with Crippen LogP contribution >= 0.6 is 23.2 Å². The largest absolute Gasteiger partial charge is 0.378 e. The fourth-order valence-electron chi connectivity index (χ4n) is 2.55. The van der Waals surface area contributed by atoms with E-state index in [1.54, 1.807) is 0 Å². The molecule has 3 heteroatoms. The Morgan fingerprint density at radius 2 is 1.94 bits per heavy atom. The lowest BCUT2D eigenvalue weighted by Gasteiger charge is -2.14. The second-order valence-corrected chi connectivity index (χ2v) is 5.51. The number of benzene rings is 2. The molecule has 1 atom stereocenters. The second kappa shape index (κ2) is 4.49. The van der Waals surface area contributed by atoms with Crippen molar-refractivity contribution >= 4 is 28.9 Å². The van der Waals surface area contributed by atoms with Crippen LogP contribution in [0.3, 0.4) is 0 Å². The lowest BCUT2D eigenvalue weighted by Crippen LogP contribution is -2.07. The molecule has 1 aliphatic rings. The van der Waals surface area contributed by atoms with E-state index in [2.05, 4.69) is 36.5 Å². The first-order chi connectivity index (χ1) is 8.65. The Labute approximate surface area is 117 Å². The molecule has 1 N–H and O–H groups in total. The Morgan fingerprint density at radius 3 is 2.72 bits per heavy atom. The van der Waals surface area contributed by atoms with E-state index in [9.17, 15) is 0 Å². The summed E-state index contributed by atoms with van der Waals surface area (Å²) in [5, 5.41) is 4.93. The van der Waals surface area contributed by atoms with Gasteiger partial charge in [-0.25, -0.2) is 0 Å². The van der Waals surface area contributed by atoms with Gasteiger partial charge in [0.2, 0.25) is 0 Å². The number of fused-ring (bicyclic) bond motifs is 1. The molecule has 0 amide bonds. The van der Waals surface area contributed by atoms with Crippen LogP contribution in [0.1, 0.15) is 22.7 Å². The molecule has 0 aromatic heterocycles. The van der Waals surface area contributed by atoms with Gasteiger partial charge in [-0.05, 0) is 35.7 Å². The summed E-state index contributed by atoms with van der Waals surface area (Å²) < 4.78 is 0. The van der Waals surface area contributed by atoms with Gasteiger partial charge in [0.1, 0.15) is 0 Å². The van der Waals surface area contributed by atoms with Crippen LogP contribution in [0.15, 0.2) is 36.4 Å². The van der Waals surface area contributed by atoms with Crippen molar-refractivity contribution in [3.63, 3.8) is 0 Å². The van der Waals surface area contributed by atoms with Crippen LogP contribution in [0.25, 0.3) is 0 Å². The van der Waals surface area contributed by atoms with Gasteiger partial charge in [0.15, 0.2) is 0 Å². The zero-order chi connectivity index (χ0) is 12.7. The van der Waals surface area contributed by atoms with Crippen LogP contribution in [0.2, 0.25) is 10.0 Å². The van der Waals surface area contributed by atoms with Gasteiger partial charge >= 0.3 is 0 Å². The first kappa shape index (κ1) is 11.9. The van der Waals surface area contributed by atoms with Crippen molar-refractivity contribution in [2.75, 3.05) is 5.32 Å². The van der Waals surface area contributed by atoms with Crippen LogP contribution in [0.5, 0.6) is 0 Å². The minimum absolute atomic E-state index is 0.289. The number of rotatable bonds is 1. The third kappa shape index (κ3) is 1.98. The molecule has 92 valence electrons. The standard InChI is InChI=1S/C15H13Cl2N/c1-9-4-2-3-5-11(9)15-8-12-13(17)6-10(16)7-14(12)18-15/h2-7,15,18H,8H2,1H3. The van der Waals surface area contributed by atoms with Gasteiger partial charge in [-0.1, -0.05) is 47.5 Å².